The van der Waals surface area contributed by atoms with E-state index in [2.05, 4.69) is 5.32 Å². The number of carboxylic acid groups (broad SMARTS) is 1. The number of piperidine rings is 1. The maximum atomic E-state index is 11.4. The van der Waals surface area contributed by atoms with Crippen LogP contribution in [0.3, 0.4) is 0 Å². The second kappa shape index (κ2) is 8.48. The third kappa shape index (κ3) is 5.25. The van der Waals surface area contributed by atoms with Gasteiger partial charge in [-0.05, 0) is 31.7 Å². The number of carbonyl (C=O) groups is 2. The van der Waals surface area contributed by atoms with E-state index >= 15 is 0 Å². The number of esters is 1. The summed E-state index contributed by atoms with van der Waals surface area (Å²) in [6.07, 6.45) is 7.14. The summed E-state index contributed by atoms with van der Waals surface area (Å²) in [7, 11) is 1.36. The normalized spacial score (nSPS) is 27.5. The van der Waals surface area contributed by atoms with Gasteiger partial charge in [-0.3, -0.25) is 14.5 Å². The van der Waals surface area contributed by atoms with Crippen LogP contribution in [-0.4, -0.2) is 61.3 Å². The van der Waals surface area contributed by atoms with E-state index in [4.69, 9.17) is 4.74 Å². The molecule has 126 valence electrons. The molecule has 2 rings (SSSR count). The Labute approximate surface area is 132 Å². The Morgan fingerprint density at radius 3 is 2.59 bits per heavy atom. The molecule has 1 saturated heterocycles. The Balaban J connectivity index is 1.84. The van der Waals surface area contributed by atoms with Crippen LogP contribution in [0, 0.1) is 11.8 Å². The SMILES string of the molecule is COC(=O)CN1CC(NCC2CCCCC2)CC(C(=O)O)C1. The number of rotatable bonds is 6. The fourth-order valence-electron chi connectivity index (χ4n) is 3.62. The lowest BCUT2D eigenvalue weighted by atomic mass is 9.88. The number of ether oxygens (including phenoxy) is 1. The number of methoxy groups -OCH3 is 1. The Bertz CT molecular complexity index is 382. The van der Waals surface area contributed by atoms with E-state index in [-0.39, 0.29) is 18.6 Å². The zero-order valence-electron chi connectivity index (χ0n) is 13.4. The molecule has 0 aromatic rings. The predicted octanol–water partition coefficient (Wildman–Crippen LogP) is 1.10. The minimum atomic E-state index is -0.779. The molecule has 1 saturated carbocycles. The fourth-order valence-corrected chi connectivity index (χ4v) is 3.62. The molecule has 0 aromatic heterocycles. The van der Waals surface area contributed by atoms with Crippen molar-refractivity contribution in [2.24, 2.45) is 11.8 Å². The molecule has 6 nitrogen and oxygen atoms in total. The monoisotopic (exact) mass is 312 g/mol. The van der Waals surface area contributed by atoms with Gasteiger partial charge in [0.15, 0.2) is 0 Å². The summed E-state index contributed by atoms with van der Waals surface area (Å²) in [5.41, 5.74) is 0. The van der Waals surface area contributed by atoms with Crippen LogP contribution >= 0.6 is 0 Å². The van der Waals surface area contributed by atoms with Crippen molar-refractivity contribution in [3.05, 3.63) is 0 Å². The molecule has 1 heterocycles. The lowest BCUT2D eigenvalue weighted by Gasteiger charge is -2.36. The first-order chi connectivity index (χ1) is 10.6. The molecule has 1 aliphatic carbocycles. The first-order valence-electron chi connectivity index (χ1n) is 8.34. The molecule has 2 unspecified atom stereocenters. The minimum Gasteiger partial charge on any atom is -0.481 e. The smallest absolute Gasteiger partial charge is 0.319 e. The van der Waals surface area contributed by atoms with Gasteiger partial charge in [0.2, 0.25) is 0 Å². The Morgan fingerprint density at radius 1 is 1.23 bits per heavy atom. The summed E-state index contributed by atoms with van der Waals surface area (Å²) in [6, 6.07) is 0.140. The van der Waals surface area contributed by atoms with E-state index in [9.17, 15) is 14.7 Å². The van der Waals surface area contributed by atoms with Crippen molar-refractivity contribution in [2.45, 2.75) is 44.6 Å². The van der Waals surface area contributed by atoms with Crippen molar-refractivity contribution in [3.8, 4) is 0 Å². The third-order valence-electron chi connectivity index (χ3n) is 4.88. The molecule has 0 radical (unpaired) electrons. The summed E-state index contributed by atoms with van der Waals surface area (Å²) in [5, 5.41) is 12.9. The second-order valence-corrected chi connectivity index (χ2v) is 6.65. The number of likely N-dealkylation sites (tertiary alicyclic amines) is 1. The van der Waals surface area contributed by atoms with E-state index in [1.54, 1.807) is 0 Å². The Morgan fingerprint density at radius 2 is 1.95 bits per heavy atom. The van der Waals surface area contributed by atoms with Crippen molar-refractivity contribution in [1.82, 2.24) is 10.2 Å². The van der Waals surface area contributed by atoms with Crippen molar-refractivity contribution in [1.29, 1.82) is 0 Å². The van der Waals surface area contributed by atoms with Crippen LogP contribution in [0.25, 0.3) is 0 Å². The first-order valence-corrected chi connectivity index (χ1v) is 8.34. The highest BCUT2D eigenvalue weighted by Gasteiger charge is 2.32. The summed E-state index contributed by atoms with van der Waals surface area (Å²) in [4.78, 5) is 24.7. The molecule has 0 bridgehead atoms. The van der Waals surface area contributed by atoms with Crippen LogP contribution < -0.4 is 5.32 Å². The van der Waals surface area contributed by atoms with E-state index in [0.29, 0.717) is 25.4 Å². The lowest BCUT2D eigenvalue weighted by Crippen LogP contribution is -2.53. The quantitative estimate of drug-likeness (QED) is 0.715. The highest BCUT2D eigenvalue weighted by Crippen LogP contribution is 2.24. The van der Waals surface area contributed by atoms with Gasteiger partial charge < -0.3 is 15.2 Å². The van der Waals surface area contributed by atoms with E-state index in [1.165, 1.54) is 39.2 Å². The maximum Gasteiger partial charge on any atom is 0.319 e. The van der Waals surface area contributed by atoms with Crippen LogP contribution in [-0.2, 0) is 14.3 Å². The van der Waals surface area contributed by atoms with Crippen LogP contribution in [0.4, 0.5) is 0 Å². The van der Waals surface area contributed by atoms with Gasteiger partial charge in [-0.25, -0.2) is 0 Å². The van der Waals surface area contributed by atoms with E-state index in [1.807, 2.05) is 4.90 Å². The molecular formula is C16H28N2O4. The third-order valence-corrected chi connectivity index (χ3v) is 4.88. The molecule has 2 N–H and O–H groups in total. The predicted molar refractivity (Wildman–Crippen MR) is 82.6 cm³/mol. The molecule has 6 heteroatoms. The van der Waals surface area contributed by atoms with Crippen molar-refractivity contribution in [2.75, 3.05) is 33.3 Å². The van der Waals surface area contributed by atoms with Crippen molar-refractivity contribution < 1.29 is 19.4 Å². The summed E-state index contributed by atoms with van der Waals surface area (Å²) >= 11 is 0. The first kappa shape index (κ1) is 17.2. The molecule has 2 fully saturated rings. The molecule has 2 aliphatic rings. The van der Waals surface area contributed by atoms with Gasteiger partial charge in [0, 0.05) is 19.1 Å². The van der Waals surface area contributed by atoms with Gasteiger partial charge in [-0.2, -0.15) is 0 Å². The highest BCUT2D eigenvalue weighted by atomic mass is 16.5. The molecule has 0 amide bonds. The van der Waals surface area contributed by atoms with Crippen LogP contribution in [0.5, 0.6) is 0 Å². The number of nitrogens with zero attached hydrogens (tertiary/aromatic N) is 1. The molecule has 22 heavy (non-hydrogen) atoms. The number of hydrogen-bond acceptors (Lipinski definition) is 5. The topological polar surface area (TPSA) is 78.9 Å². The standard InChI is InChI=1S/C16H28N2O4/c1-22-15(19)11-18-9-13(16(20)21)7-14(10-18)17-8-12-5-3-2-4-6-12/h12-14,17H,2-11H2,1H3,(H,20,21). The minimum absolute atomic E-state index is 0.140. The van der Waals surface area contributed by atoms with E-state index < -0.39 is 11.9 Å². The van der Waals surface area contributed by atoms with Gasteiger partial charge in [0.05, 0.1) is 19.6 Å². The van der Waals surface area contributed by atoms with Gasteiger partial charge >= 0.3 is 11.9 Å². The van der Waals surface area contributed by atoms with Crippen molar-refractivity contribution in [3.63, 3.8) is 0 Å². The summed E-state index contributed by atoms with van der Waals surface area (Å²) < 4.78 is 4.69. The Kier molecular flexibility index (Phi) is 6.64. The molecule has 0 aromatic carbocycles. The zero-order valence-corrected chi connectivity index (χ0v) is 13.4. The van der Waals surface area contributed by atoms with Gasteiger partial charge in [-0.1, -0.05) is 19.3 Å². The second-order valence-electron chi connectivity index (χ2n) is 6.65. The highest BCUT2D eigenvalue weighted by molar-refractivity contribution is 5.72. The Hall–Kier alpha value is -1.14. The van der Waals surface area contributed by atoms with Gasteiger partial charge in [0.25, 0.3) is 0 Å². The maximum absolute atomic E-state index is 11.4. The molecule has 2 atom stereocenters. The van der Waals surface area contributed by atoms with Crippen LogP contribution in [0.2, 0.25) is 0 Å². The number of nitrogens with one attached hydrogen (secondary N) is 1. The molecule has 1 aliphatic heterocycles. The number of hydrogen-bond donors (Lipinski definition) is 2. The zero-order chi connectivity index (χ0) is 15.9. The largest absolute Gasteiger partial charge is 0.481 e. The van der Waals surface area contributed by atoms with Gasteiger partial charge in [-0.15, -0.1) is 0 Å². The van der Waals surface area contributed by atoms with Gasteiger partial charge in [0.1, 0.15) is 0 Å². The molecular weight excluding hydrogens is 284 g/mol. The van der Waals surface area contributed by atoms with Crippen molar-refractivity contribution >= 4 is 11.9 Å². The lowest BCUT2D eigenvalue weighted by molar-refractivity contribution is -0.148. The summed E-state index contributed by atoms with van der Waals surface area (Å²) in [5.74, 6) is -0.786. The number of carboxylic acids is 1. The number of aliphatic carboxylic acids is 1. The fraction of sp³-hybridized carbons (Fsp3) is 0.875. The van der Waals surface area contributed by atoms with Crippen LogP contribution in [0.15, 0.2) is 0 Å². The average molecular weight is 312 g/mol. The number of carbonyl (C=O) groups excluding carboxylic acids is 1. The summed E-state index contributed by atoms with van der Waals surface area (Å²) in [6.45, 7) is 2.27. The average Bonchev–Trinajstić information content (AvgIpc) is 2.53. The van der Waals surface area contributed by atoms with E-state index in [0.717, 1.165) is 6.54 Å². The molecule has 0 spiro atoms. The van der Waals surface area contributed by atoms with Crippen LogP contribution in [0.1, 0.15) is 38.5 Å².